The third-order valence-electron chi connectivity index (χ3n) is 13.1. The van der Waals surface area contributed by atoms with Gasteiger partial charge in [0.05, 0.1) is 12.7 Å². The van der Waals surface area contributed by atoms with Crippen molar-refractivity contribution in [2.24, 2.45) is 11.8 Å². The molecule has 2 saturated heterocycles. The molecule has 2 fully saturated rings. The van der Waals surface area contributed by atoms with E-state index in [0.29, 0.717) is 67.1 Å². The molecular formula is C54H59N3O7. The number of ketones is 1. The number of benzene rings is 5. The summed E-state index contributed by atoms with van der Waals surface area (Å²) in [7, 11) is 0. The molecule has 5 aromatic rings. The summed E-state index contributed by atoms with van der Waals surface area (Å²) in [6.45, 7) is 6.16. The molecule has 2 heterocycles. The normalized spacial score (nSPS) is 16.8. The summed E-state index contributed by atoms with van der Waals surface area (Å²) >= 11 is 0. The Hall–Kier alpha value is -6.07. The van der Waals surface area contributed by atoms with Crippen molar-refractivity contribution < 1.29 is 34.1 Å². The molecule has 0 radical (unpaired) electrons. The van der Waals surface area contributed by atoms with E-state index >= 15 is 0 Å². The lowest BCUT2D eigenvalue weighted by Crippen LogP contribution is -2.39. The first-order valence-electron chi connectivity index (χ1n) is 22.8. The Labute approximate surface area is 376 Å². The number of allylic oxidation sites excluding steroid dienone is 1. The number of hydrogen-bond donors (Lipinski definition) is 3. The molecule has 1 aliphatic carbocycles. The van der Waals surface area contributed by atoms with Crippen LogP contribution in [0.5, 0.6) is 11.5 Å². The average molecular weight is 862 g/mol. The molecule has 8 rings (SSSR count). The number of likely N-dealkylation sites (tertiary alicyclic amines) is 2. The predicted octanol–water partition coefficient (Wildman–Crippen LogP) is 8.26. The fourth-order valence-electron chi connectivity index (χ4n) is 9.26. The van der Waals surface area contributed by atoms with E-state index in [1.807, 2.05) is 89.8 Å². The first-order chi connectivity index (χ1) is 31.3. The summed E-state index contributed by atoms with van der Waals surface area (Å²) in [5.74, 6) is 0.675. The number of phenols is 1. The zero-order valence-electron chi connectivity index (χ0n) is 36.4. The van der Waals surface area contributed by atoms with Crippen LogP contribution in [0.1, 0.15) is 93.4 Å². The van der Waals surface area contributed by atoms with Gasteiger partial charge in [0.1, 0.15) is 24.0 Å². The minimum absolute atomic E-state index is 0.0280. The van der Waals surface area contributed by atoms with E-state index < -0.39 is 12.0 Å². The first kappa shape index (κ1) is 44.5. The van der Waals surface area contributed by atoms with Crippen molar-refractivity contribution in [1.82, 2.24) is 15.1 Å². The van der Waals surface area contributed by atoms with Crippen LogP contribution in [-0.4, -0.2) is 83.5 Å². The van der Waals surface area contributed by atoms with E-state index in [4.69, 9.17) is 9.47 Å². The highest BCUT2D eigenvalue weighted by Gasteiger charge is 2.28. The van der Waals surface area contributed by atoms with Gasteiger partial charge in [-0.05, 0) is 133 Å². The highest BCUT2D eigenvalue weighted by atomic mass is 16.5. The van der Waals surface area contributed by atoms with Gasteiger partial charge in [-0.1, -0.05) is 97.1 Å². The van der Waals surface area contributed by atoms with Crippen LogP contribution in [-0.2, 0) is 33.9 Å². The molecule has 5 aromatic carbocycles. The second-order valence-corrected chi connectivity index (χ2v) is 17.5. The van der Waals surface area contributed by atoms with Crippen molar-refractivity contribution in [1.29, 1.82) is 0 Å². The number of hydrogen-bond acceptors (Lipinski definition) is 9. The van der Waals surface area contributed by atoms with E-state index in [1.54, 1.807) is 18.2 Å². The maximum Gasteiger partial charge on any atom is 0.317 e. The van der Waals surface area contributed by atoms with Gasteiger partial charge in [-0.15, -0.1) is 0 Å². The Bertz CT molecular complexity index is 2370. The van der Waals surface area contributed by atoms with Crippen LogP contribution in [0, 0.1) is 11.8 Å². The number of amides is 1. The van der Waals surface area contributed by atoms with E-state index in [2.05, 4.69) is 34.5 Å². The maximum absolute atomic E-state index is 13.8. The Morgan fingerprint density at radius 1 is 0.750 bits per heavy atom. The molecule has 0 bridgehead atoms. The number of nitrogens with one attached hydrogen (secondary N) is 1. The van der Waals surface area contributed by atoms with Crippen LogP contribution >= 0.6 is 0 Å². The zero-order chi connectivity index (χ0) is 44.3. The topological polar surface area (TPSA) is 129 Å². The van der Waals surface area contributed by atoms with Gasteiger partial charge in [0.2, 0.25) is 0 Å². The third-order valence-corrected chi connectivity index (χ3v) is 13.1. The fraction of sp³-hybridized carbons (Fsp3) is 0.352. The van der Waals surface area contributed by atoms with Crippen molar-refractivity contribution in [3.8, 4) is 11.5 Å². The molecule has 1 unspecified atom stereocenters. The van der Waals surface area contributed by atoms with Gasteiger partial charge in [0.15, 0.2) is 5.78 Å². The van der Waals surface area contributed by atoms with Crippen LogP contribution in [0.15, 0.2) is 127 Å². The fourth-order valence-corrected chi connectivity index (χ4v) is 9.26. The van der Waals surface area contributed by atoms with Crippen LogP contribution in [0.2, 0.25) is 0 Å². The van der Waals surface area contributed by atoms with E-state index in [0.717, 1.165) is 80.5 Å². The molecule has 3 aliphatic rings. The van der Waals surface area contributed by atoms with Crippen LogP contribution in [0.3, 0.4) is 0 Å². The summed E-state index contributed by atoms with van der Waals surface area (Å²) in [5, 5.41) is 24.5. The van der Waals surface area contributed by atoms with Gasteiger partial charge in [0.25, 0.3) is 5.91 Å². The Morgan fingerprint density at radius 3 is 2.20 bits per heavy atom. The second kappa shape index (κ2) is 21.5. The van der Waals surface area contributed by atoms with E-state index in [1.165, 1.54) is 11.6 Å². The molecule has 1 amide bonds. The second-order valence-electron chi connectivity index (χ2n) is 17.5. The van der Waals surface area contributed by atoms with Crippen LogP contribution < -0.4 is 10.1 Å². The summed E-state index contributed by atoms with van der Waals surface area (Å²) in [5.41, 5.74) is 6.59. The van der Waals surface area contributed by atoms with Gasteiger partial charge >= 0.3 is 5.97 Å². The molecule has 0 saturated carbocycles. The highest BCUT2D eigenvalue weighted by molar-refractivity contribution is 5.99. The molecule has 10 heteroatoms. The SMILES string of the molecule is O=C1C=Cc2c([C@@H](O)CNCCC3CCN(C(=O)c4ccc(COc5cccc(C(C(=O)OCC6CCN(Cc7ccccc7)CC6)c6ccccc6)c5)cc4)CC3)ccc(O)c2C1. The Kier molecular flexibility index (Phi) is 15.0. The van der Waals surface area contributed by atoms with Crippen LogP contribution in [0.4, 0.5) is 0 Å². The van der Waals surface area contributed by atoms with Crippen molar-refractivity contribution in [2.45, 2.75) is 63.7 Å². The molecule has 10 nitrogen and oxygen atoms in total. The quantitative estimate of drug-likeness (QED) is 0.0626. The molecule has 0 spiro atoms. The molecule has 0 aromatic heterocycles. The molecular weight excluding hydrogens is 803 g/mol. The predicted molar refractivity (Wildman–Crippen MR) is 248 cm³/mol. The number of ether oxygens (including phenoxy) is 2. The van der Waals surface area contributed by atoms with Crippen LogP contribution in [0.25, 0.3) is 6.08 Å². The van der Waals surface area contributed by atoms with E-state index in [9.17, 15) is 24.6 Å². The number of nitrogens with zero attached hydrogens (tertiary/aromatic N) is 2. The average Bonchev–Trinajstić information content (AvgIpc) is 3.33. The maximum atomic E-state index is 13.8. The number of piperidine rings is 2. The molecule has 3 N–H and O–H groups in total. The van der Waals surface area contributed by atoms with Crippen molar-refractivity contribution in [2.75, 3.05) is 45.9 Å². The van der Waals surface area contributed by atoms with Crippen molar-refractivity contribution >= 4 is 23.7 Å². The third kappa shape index (κ3) is 11.5. The minimum Gasteiger partial charge on any atom is -0.508 e. The summed E-state index contributed by atoms with van der Waals surface area (Å²) < 4.78 is 12.3. The molecule has 64 heavy (non-hydrogen) atoms. The number of aromatic hydroxyl groups is 1. The number of esters is 1. The van der Waals surface area contributed by atoms with Gasteiger partial charge in [0, 0.05) is 43.7 Å². The first-order valence-corrected chi connectivity index (χ1v) is 22.8. The smallest absolute Gasteiger partial charge is 0.317 e. The number of aliphatic hydroxyl groups excluding tert-OH is 1. The van der Waals surface area contributed by atoms with Gasteiger partial charge < -0.3 is 29.9 Å². The molecule has 2 atom stereocenters. The Balaban J connectivity index is 0.775. The molecule has 332 valence electrons. The van der Waals surface area contributed by atoms with Gasteiger partial charge in [-0.25, -0.2) is 0 Å². The number of carbonyl (C=O) groups excluding carboxylic acids is 3. The number of phenolic OH excluding ortho intramolecular Hbond substituents is 1. The lowest BCUT2D eigenvalue weighted by Gasteiger charge is -2.32. The van der Waals surface area contributed by atoms with Crippen molar-refractivity contribution in [3.05, 3.63) is 172 Å². The Morgan fingerprint density at radius 2 is 1.45 bits per heavy atom. The largest absolute Gasteiger partial charge is 0.508 e. The number of fused-ring (bicyclic) bond motifs is 1. The standard InChI is InChI=1S/C54H59N3O7/c58-45-18-19-47-48(20-21-50(59)49(47)33-45)51(60)34-55-27-22-38-25-30-57(31-26-38)53(61)43-16-14-40(15-17-43)36-63-46-13-7-12-44(32-46)52(42-10-5-2-6-11-42)54(62)64-37-41-23-28-56(29-24-41)35-39-8-3-1-4-9-39/h1-21,32,38,41,51-52,55,59-60H,22-31,33-37H2/t51-,52?/m0/s1. The van der Waals surface area contributed by atoms with Gasteiger partial charge in [-0.3, -0.25) is 19.3 Å². The zero-order valence-corrected chi connectivity index (χ0v) is 36.4. The minimum atomic E-state index is -0.763. The number of aliphatic hydroxyl groups is 1. The lowest BCUT2D eigenvalue weighted by atomic mass is 9.89. The lowest BCUT2D eigenvalue weighted by molar-refractivity contribution is -0.146. The monoisotopic (exact) mass is 861 g/mol. The summed E-state index contributed by atoms with van der Waals surface area (Å²) in [6, 6.07) is 38.9. The number of rotatable bonds is 17. The van der Waals surface area contributed by atoms with Crippen molar-refractivity contribution in [3.63, 3.8) is 0 Å². The van der Waals surface area contributed by atoms with E-state index in [-0.39, 0.29) is 29.8 Å². The number of carbonyl (C=O) groups is 3. The summed E-state index contributed by atoms with van der Waals surface area (Å²) in [6.07, 6.45) is 7.34. The molecule has 2 aliphatic heterocycles. The van der Waals surface area contributed by atoms with Gasteiger partial charge in [-0.2, -0.15) is 0 Å². The summed E-state index contributed by atoms with van der Waals surface area (Å²) in [4.78, 5) is 43.6. The highest BCUT2D eigenvalue weighted by Crippen LogP contribution is 2.33.